The molecule has 0 fully saturated rings. The third-order valence-electron chi connectivity index (χ3n) is 3.05. The lowest BCUT2D eigenvalue weighted by molar-refractivity contribution is 0.921. The van der Waals surface area contributed by atoms with Crippen molar-refractivity contribution < 1.29 is 0 Å². The van der Waals surface area contributed by atoms with Gasteiger partial charge in [0.05, 0.1) is 0 Å². The van der Waals surface area contributed by atoms with Gasteiger partial charge in [0.25, 0.3) is 0 Å². The molecule has 94 valence electrons. The summed E-state index contributed by atoms with van der Waals surface area (Å²) in [5.41, 5.74) is 11.6. The number of anilines is 2. The number of nitrogens with two attached hydrogens (primary N) is 1. The van der Waals surface area contributed by atoms with Crippen LogP contribution < -0.4 is 10.6 Å². The molecule has 0 aromatic heterocycles. The van der Waals surface area contributed by atoms with Gasteiger partial charge in [0.2, 0.25) is 0 Å². The van der Waals surface area contributed by atoms with Gasteiger partial charge >= 0.3 is 0 Å². The van der Waals surface area contributed by atoms with E-state index in [1.54, 1.807) is 0 Å². The Morgan fingerprint density at radius 2 is 1.50 bits per heavy atom. The lowest BCUT2D eigenvalue weighted by atomic mass is 10.1. The molecule has 0 amide bonds. The Labute approximate surface area is 109 Å². The van der Waals surface area contributed by atoms with Crippen LogP contribution in [0.25, 0.3) is 0 Å². The number of rotatable bonds is 3. The molecular weight excluding hydrogens is 220 g/mol. The molecule has 2 aromatic carbocycles. The summed E-state index contributed by atoms with van der Waals surface area (Å²) in [6, 6.07) is 14.7. The fourth-order valence-corrected chi connectivity index (χ4v) is 2.16. The zero-order valence-corrected chi connectivity index (χ0v) is 11.3. The topological polar surface area (TPSA) is 29.3 Å². The molecule has 2 nitrogen and oxygen atoms in total. The molecule has 0 radical (unpaired) electrons. The maximum atomic E-state index is 5.69. The van der Waals surface area contributed by atoms with Gasteiger partial charge in [-0.15, -0.1) is 0 Å². The average Bonchev–Trinajstić information content (AvgIpc) is 2.31. The van der Waals surface area contributed by atoms with Gasteiger partial charge in [-0.05, 0) is 54.8 Å². The van der Waals surface area contributed by atoms with E-state index in [-0.39, 0.29) is 0 Å². The predicted octanol–water partition coefficient (Wildman–Crippen LogP) is 3.52. The summed E-state index contributed by atoms with van der Waals surface area (Å²) in [5.74, 6) is 0. The molecule has 2 N–H and O–H groups in total. The van der Waals surface area contributed by atoms with Crippen LogP contribution in [0.1, 0.15) is 16.7 Å². The smallest absolute Gasteiger partial charge is 0.0426 e. The molecule has 0 atom stereocenters. The van der Waals surface area contributed by atoms with E-state index < -0.39 is 0 Å². The zero-order chi connectivity index (χ0) is 13.1. The second-order valence-electron chi connectivity index (χ2n) is 4.94. The maximum absolute atomic E-state index is 5.69. The molecule has 0 bridgehead atoms. The number of aryl methyl sites for hydroxylation is 2. The van der Waals surface area contributed by atoms with Crippen LogP contribution in [0, 0.1) is 13.8 Å². The lowest BCUT2D eigenvalue weighted by Crippen LogP contribution is -2.16. The quantitative estimate of drug-likeness (QED) is 0.832. The van der Waals surface area contributed by atoms with Gasteiger partial charge in [-0.1, -0.05) is 18.2 Å². The van der Waals surface area contributed by atoms with Crippen LogP contribution in [-0.2, 0) is 6.54 Å². The van der Waals surface area contributed by atoms with Crippen molar-refractivity contribution >= 4 is 11.4 Å². The molecule has 2 aromatic rings. The number of benzene rings is 2. The average molecular weight is 240 g/mol. The number of nitrogens with zero attached hydrogens (tertiary/aromatic N) is 1. The molecule has 0 spiro atoms. The van der Waals surface area contributed by atoms with E-state index in [2.05, 4.69) is 56.1 Å². The minimum Gasteiger partial charge on any atom is -0.399 e. The van der Waals surface area contributed by atoms with Gasteiger partial charge in [-0.2, -0.15) is 0 Å². The van der Waals surface area contributed by atoms with E-state index in [1.165, 1.54) is 22.4 Å². The number of nitrogen functional groups attached to an aromatic ring is 1. The summed E-state index contributed by atoms with van der Waals surface area (Å²) in [4.78, 5) is 2.26. The molecule has 0 heterocycles. The molecule has 0 saturated heterocycles. The summed E-state index contributed by atoms with van der Waals surface area (Å²) in [6.45, 7) is 5.16. The van der Waals surface area contributed by atoms with Crippen LogP contribution >= 0.6 is 0 Å². The zero-order valence-electron chi connectivity index (χ0n) is 11.3. The Kier molecular flexibility index (Phi) is 3.56. The first-order chi connectivity index (χ1) is 8.54. The highest BCUT2D eigenvalue weighted by Crippen LogP contribution is 2.19. The third kappa shape index (κ3) is 3.04. The standard InChI is InChI=1S/C16H20N2/c1-12-8-13(2)10-16(9-12)18(3)11-14-4-6-15(17)7-5-14/h4-10H,11,17H2,1-3H3. The van der Waals surface area contributed by atoms with Crippen molar-refractivity contribution in [3.05, 3.63) is 59.2 Å². The number of hydrogen-bond donors (Lipinski definition) is 1. The van der Waals surface area contributed by atoms with Gasteiger partial charge in [0.15, 0.2) is 0 Å². The van der Waals surface area contributed by atoms with Crippen LogP contribution in [0.5, 0.6) is 0 Å². The molecular formula is C16H20N2. The monoisotopic (exact) mass is 240 g/mol. The summed E-state index contributed by atoms with van der Waals surface area (Å²) < 4.78 is 0. The first-order valence-electron chi connectivity index (χ1n) is 6.18. The molecule has 0 aliphatic rings. The third-order valence-corrected chi connectivity index (χ3v) is 3.05. The van der Waals surface area contributed by atoms with Crippen LogP contribution in [0.15, 0.2) is 42.5 Å². The van der Waals surface area contributed by atoms with Crippen LogP contribution in [-0.4, -0.2) is 7.05 Å². The van der Waals surface area contributed by atoms with Crippen molar-refractivity contribution in [1.82, 2.24) is 0 Å². The van der Waals surface area contributed by atoms with E-state index in [0.717, 1.165) is 12.2 Å². The lowest BCUT2D eigenvalue weighted by Gasteiger charge is -2.20. The van der Waals surface area contributed by atoms with Crippen molar-refractivity contribution in [3.63, 3.8) is 0 Å². The fourth-order valence-electron chi connectivity index (χ4n) is 2.16. The molecule has 0 aliphatic heterocycles. The van der Waals surface area contributed by atoms with Crippen molar-refractivity contribution in [2.24, 2.45) is 0 Å². The summed E-state index contributed by atoms with van der Waals surface area (Å²) in [6.07, 6.45) is 0. The van der Waals surface area contributed by atoms with Gasteiger partial charge in [-0.3, -0.25) is 0 Å². The summed E-state index contributed by atoms with van der Waals surface area (Å²) >= 11 is 0. The van der Waals surface area contributed by atoms with Crippen LogP contribution in [0.4, 0.5) is 11.4 Å². The largest absolute Gasteiger partial charge is 0.399 e. The summed E-state index contributed by atoms with van der Waals surface area (Å²) in [7, 11) is 2.12. The SMILES string of the molecule is Cc1cc(C)cc(N(C)Cc2ccc(N)cc2)c1. The first-order valence-corrected chi connectivity index (χ1v) is 6.18. The van der Waals surface area contributed by atoms with Crippen molar-refractivity contribution in [1.29, 1.82) is 0 Å². The van der Waals surface area contributed by atoms with Gasteiger partial charge in [-0.25, -0.2) is 0 Å². The van der Waals surface area contributed by atoms with E-state index in [9.17, 15) is 0 Å². The Bertz CT molecular complexity index is 509. The highest BCUT2D eigenvalue weighted by Gasteiger charge is 2.03. The number of hydrogen-bond acceptors (Lipinski definition) is 2. The Morgan fingerprint density at radius 1 is 0.944 bits per heavy atom. The molecule has 2 rings (SSSR count). The van der Waals surface area contributed by atoms with E-state index in [4.69, 9.17) is 5.73 Å². The first kappa shape index (κ1) is 12.5. The Balaban J connectivity index is 2.16. The Hall–Kier alpha value is -1.96. The van der Waals surface area contributed by atoms with E-state index >= 15 is 0 Å². The molecule has 0 aliphatic carbocycles. The predicted molar refractivity (Wildman–Crippen MR) is 78.9 cm³/mol. The minimum atomic E-state index is 0.813. The maximum Gasteiger partial charge on any atom is 0.0426 e. The second kappa shape index (κ2) is 5.13. The molecule has 0 unspecified atom stereocenters. The summed E-state index contributed by atoms with van der Waals surface area (Å²) in [5, 5.41) is 0. The van der Waals surface area contributed by atoms with Gasteiger partial charge < -0.3 is 10.6 Å². The van der Waals surface area contributed by atoms with Gasteiger partial charge in [0, 0.05) is 25.0 Å². The van der Waals surface area contributed by atoms with Crippen molar-refractivity contribution in [2.45, 2.75) is 20.4 Å². The van der Waals surface area contributed by atoms with Crippen LogP contribution in [0.3, 0.4) is 0 Å². The normalized spacial score (nSPS) is 10.4. The molecule has 0 saturated carbocycles. The fraction of sp³-hybridized carbons (Fsp3) is 0.250. The second-order valence-corrected chi connectivity index (χ2v) is 4.94. The highest BCUT2D eigenvalue weighted by atomic mass is 15.1. The van der Waals surface area contributed by atoms with E-state index in [1.807, 2.05) is 12.1 Å². The Morgan fingerprint density at radius 3 is 2.06 bits per heavy atom. The van der Waals surface area contributed by atoms with Crippen molar-refractivity contribution in [3.8, 4) is 0 Å². The van der Waals surface area contributed by atoms with Crippen LogP contribution in [0.2, 0.25) is 0 Å². The molecule has 18 heavy (non-hydrogen) atoms. The minimum absolute atomic E-state index is 0.813. The van der Waals surface area contributed by atoms with Crippen molar-refractivity contribution in [2.75, 3.05) is 17.7 Å². The van der Waals surface area contributed by atoms with E-state index in [0.29, 0.717) is 0 Å². The molecule has 2 heteroatoms. The highest BCUT2D eigenvalue weighted by molar-refractivity contribution is 5.51. The van der Waals surface area contributed by atoms with Gasteiger partial charge in [0.1, 0.15) is 0 Å².